The molecule has 1 fully saturated rings. The van der Waals surface area contributed by atoms with Gasteiger partial charge in [-0.2, -0.15) is 0 Å². The van der Waals surface area contributed by atoms with Crippen molar-refractivity contribution in [2.24, 2.45) is 0 Å². The molecule has 2 N–H and O–H groups in total. The Hall–Kier alpha value is -0.770. The van der Waals surface area contributed by atoms with Crippen LogP contribution in [-0.2, 0) is 4.74 Å². The van der Waals surface area contributed by atoms with Crippen LogP contribution >= 0.6 is 0 Å². The molecule has 88 valence electrons. The Labute approximate surface area is 91.8 Å². The normalized spacial score (nSPS) is 23.2. The van der Waals surface area contributed by atoms with E-state index >= 15 is 0 Å². The monoisotopic (exact) mass is 214 g/mol. The fourth-order valence-electron chi connectivity index (χ4n) is 1.61. The molecule has 15 heavy (non-hydrogen) atoms. The van der Waals surface area contributed by atoms with Gasteiger partial charge in [0.15, 0.2) is 0 Å². The maximum atomic E-state index is 11.3. The molecule has 1 aliphatic heterocycles. The maximum Gasteiger partial charge on any atom is 0.407 e. The summed E-state index contributed by atoms with van der Waals surface area (Å²) in [6.45, 7) is 5.64. The zero-order valence-electron chi connectivity index (χ0n) is 9.71. The maximum absolute atomic E-state index is 11.3. The molecule has 1 amide bonds. The van der Waals surface area contributed by atoms with Crippen molar-refractivity contribution in [3.05, 3.63) is 0 Å². The number of carbonyl (C=O) groups excluding carboxylic acids is 1. The standard InChI is InChI=1S/C11H22N2O2/c1-3-9(2)15-11(14)13-8-10-6-4-5-7-12-10/h9-10,12H,3-8H2,1-2H3,(H,13,14). The predicted molar refractivity (Wildman–Crippen MR) is 59.9 cm³/mol. The molecule has 0 radical (unpaired) electrons. The summed E-state index contributed by atoms with van der Waals surface area (Å²) in [4.78, 5) is 11.3. The first-order chi connectivity index (χ1) is 7.22. The molecular formula is C11H22N2O2. The second-order valence-electron chi connectivity index (χ2n) is 4.15. The van der Waals surface area contributed by atoms with Crippen LogP contribution in [0.4, 0.5) is 4.79 Å². The summed E-state index contributed by atoms with van der Waals surface area (Å²) in [5.74, 6) is 0. The zero-order valence-corrected chi connectivity index (χ0v) is 9.71. The Morgan fingerprint density at radius 1 is 1.60 bits per heavy atom. The topological polar surface area (TPSA) is 50.4 Å². The molecule has 1 rings (SSSR count). The highest BCUT2D eigenvalue weighted by Gasteiger charge is 2.14. The second kappa shape index (κ2) is 6.67. The number of hydrogen-bond acceptors (Lipinski definition) is 3. The first-order valence-electron chi connectivity index (χ1n) is 5.90. The minimum Gasteiger partial charge on any atom is -0.447 e. The largest absolute Gasteiger partial charge is 0.447 e. The van der Waals surface area contributed by atoms with Crippen molar-refractivity contribution in [1.29, 1.82) is 0 Å². The van der Waals surface area contributed by atoms with E-state index in [1.54, 1.807) is 0 Å². The molecule has 0 aromatic heterocycles. The fraction of sp³-hybridized carbons (Fsp3) is 0.909. The van der Waals surface area contributed by atoms with Gasteiger partial charge in [-0.1, -0.05) is 13.3 Å². The highest BCUT2D eigenvalue weighted by Crippen LogP contribution is 2.05. The van der Waals surface area contributed by atoms with Crippen molar-refractivity contribution in [1.82, 2.24) is 10.6 Å². The Morgan fingerprint density at radius 3 is 3.00 bits per heavy atom. The molecule has 0 aromatic carbocycles. The van der Waals surface area contributed by atoms with Gasteiger partial charge in [-0.3, -0.25) is 0 Å². The van der Waals surface area contributed by atoms with E-state index in [9.17, 15) is 4.79 Å². The summed E-state index contributed by atoms with van der Waals surface area (Å²) in [7, 11) is 0. The lowest BCUT2D eigenvalue weighted by Gasteiger charge is -2.23. The molecule has 2 unspecified atom stereocenters. The third-order valence-corrected chi connectivity index (χ3v) is 2.79. The van der Waals surface area contributed by atoms with Crippen molar-refractivity contribution in [2.75, 3.05) is 13.1 Å². The van der Waals surface area contributed by atoms with Crippen LogP contribution in [0.2, 0.25) is 0 Å². The van der Waals surface area contributed by atoms with E-state index < -0.39 is 0 Å². The van der Waals surface area contributed by atoms with Crippen LogP contribution in [0.15, 0.2) is 0 Å². The number of hydrogen-bond donors (Lipinski definition) is 2. The van der Waals surface area contributed by atoms with E-state index in [0.29, 0.717) is 12.6 Å². The van der Waals surface area contributed by atoms with E-state index in [1.165, 1.54) is 12.8 Å². The molecule has 0 bridgehead atoms. The van der Waals surface area contributed by atoms with Gasteiger partial charge in [0.25, 0.3) is 0 Å². The number of alkyl carbamates (subject to hydrolysis) is 1. The Morgan fingerprint density at radius 2 is 2.40 bits per heavy atom. The SMILES string of the molecule is CCC(C)OC(=O)NCC1CCCCN1. The van der Waals surface area contributed by atoms with Gasteiger partial charge in [-0.05, 0) is 32.7 Å². The van der Waals surface area contributed by atoms with E-state index in [0.717, 1.165) is 19.4 Å². The van der Waals surface area contributed by atoms with Gasteiger partial charge in [0, 0.05) is 12.6 Å². The number of ether oxygens (including phenoxy) is 1. The Balaban J connectivity index is 2.10. The predicted octanol–water partition coefficient (Wildman–Crippen LogP) is 1.65. The molecule has 4 nitrogen and oxygen atoms in total. The number of carbonyl (C=O) groups is 1. The lowest BCUT2D eigenvalue weighted by Crippen LogP contribution is -2.44. The van der Waals surface area contributed by atoms with Crippen LogP contribution in [0, 0.1) is 0 Å². The van der Waals surface area contributed by atoms with Gasteiger partial charge in [0.2, 0.25) is 0 Å². The number of nitrogens with one attached hydrogen (secondary N) is 2. The average Bonchev–Trinajstić information content (AvgIpc) is 2.27. The molecule has 0 saturated carbocycles. The zero-order chi connectivity index (χ0) is 11.1. The fourth-order valence-corrected chi connectivity index (χ4v) is 1.61. The first kappa shape index (κ1) is 12.3. The molecular weight excluding hydrogens is 192 g/mol. The molecule has 1 aliphatic rings. The van der Waals surface area contributed by atoms with Crippen molar-refractivity contribution < 1.29 is 9.53 Å². The molecule has 4 heteroatoms. The smallest absolute Gasteiger partial charge is 0.407 e. The molecule has 1 saturated heterocycles. The molecule has 0 aromatic rings. The summed E-state index contributed by atoms with van der Waals surface area (Å²) in [5.41, 5.74) is 0. The summed E-state index contributed by atoms with van der Waals surface area (Å²) in [5, 5.41) is 6.17. The Bertz CT molecular complexity index is 191. The Kier molecular flexibility index (Phi) is 5.47. The minimum atomic E-state index is -0.295. The van der Waals surface area contributed by atoms with Crippen molar-refractivity contribution in [3.63, 3.8) is 0 Å². The lowest BCUT2D eigenvalue weighted by molar-refractivity contribution is 0.104. The summed E-state index contributed by atoms with van der Waals surface area (Å²) in [6, 6.07) is 0.420. The van der Waals surface area contributed by atoms with Crippen LogP contribution in [-0.4, -0.2) is 31.3 Å². The number of rotatable bonds is 4. The van der Waals surface area contributed by atoms with E-state index in [1.807, 2.05) is 13.8 Å². The number of amides is 1. The highest BCUT2D eigenvalue weighted by atomic mass is 16.6. The van der Waals surface area contributed by atoms with Gasteiger partial charge in [-0.15, -0.1) is 0 Å². The van der Waals surface area contributed by atoms with Crippen LogP contribution in [0.1, 0.15) is 39.5 Å². The third-order valence-electron chi connectivity index (χ3n) is 2.79. The number of piperidine rings is 1. The highest BCUT2D eigenvalue weighted by molar-refractivity contribution is 5.67. The van der Waals surface area contributed by atoms with E-state index in [-0.39, 0.29) is 12.2 Å². The van der Waals surface area contributed by atoms with E-state index in [4.69, 9.17) is 4.74 Å². The summed E-state index contributed by atoms with van der Waals surface area (Å²) in [6.07, 6.45) is 4.20. The average molecular weight is 214 g/mol. The van der Waals surface area contributed by atoms with Crippen LogP contribution < -0.4 is 10.6 Å². The van der Waals surface area contributed by atoms with Crippen LogP contribution in [0.5, 0.6) is 0 Å². The van der Waals surface area contributed by atoms with Gasteiger partial charge >= 0.3 is 6.09 Å². The molecule has 0 spiro atoms. The molecule has 1 heterocycles. The molecule has 2 atom stereocenters. The van der Waals surface area contributed by atoms with Crippen molar-refractivity contribution in [2.45, 2.75) is 51.7 Å². The van der Waals surface area contributed by atoms with Gasteiger partial charge in [-0.25, -0.2) is 4.79 Å². The van der Waals surface area contributed by atoms with Gasteiger partial charge < -0.3 is 15.4 Å². The van der Waals surface area contributed by atoms with Crippen molar-refractivity contribution >= 4 is 6.09 Å². The first-order valence-corrected chi connectivity index (χ1v) is 5.90. The van der Waals surface area contributed by atoms with E-state index in [2.05, 4.69) is 10.6 Å². The lowest BCUT2D eigenvalue weighted by atomic mass is 10.1. The van der Waals surface area contributed by atoms with Gasteiger partial charge in [0.1, 0.15) is 6.10 Å². The minimum absolute atomic E-state index is 0.00400. The summed E-state index contributed by atoms with van der Waals surface area (Å²) < 4.78 is 5.11. The summed E-state index contributed by atoms with van der Waals surface area (Å²) >= 11 is 0. The van der Waals surface area contributed by atoms with Gasteiger partial charge in [0.05, 0.1) is 0 Å². The second-order valence-corrected chi connectivity index (χ2v) is 4.15. The quantitative estimate of drug-likeness (QED) is 0.748. The molecule has 0 aliphatic carbocycles. The van der Waals surface area contributed by atoms with Crippen molar-refractivity contribution in [3.8, 4) is 0 Å². The third kappa shape index (κ3) is 5.02. The van der Waals surface area contributed by atoms with Crippen LogP contribution in [0.3, 0.4) is 0 Å². The van der Waals surface area contributed by atoms with Crippen LogP contribution in [0.25, 0.3) is 0 Å².